The third-order valence-corrected chi connectivity index (χ3v) is 3.01. The van der Waals surface area contributed by atoms with Gasteiger partial charge in [-0.05, 0) is 25.6 Å². The largest absolute Gasteiger partial charge is 0.493 e. The Balaban J connectivity index is 2.79. The van der Waals surface area contributed by atoms with Crippen molar-refractivity contribution in [2.75, 3.05) is 19.8 Å². The van der Waals surface area contributed by atoms with E-state index in [1.165, 1.54) is 0 Å². The second-order valence-corrected chi connectivity index (χ2v) is 4.80. The van der Waals surface area contributed by atoms with Gasteiger partial charge < -0.3 is 15.2 Å². The fourth-order valence-corrected chi connectivity index (χ4v) is 1.99. The van der Waals surface area contributed by atoms with Crippen LogP contribution in [-0.4, -0.2) is 24.9 Å². The van der Waals surface area contributed by atoms with Crippen molar-refractivity contribution in [1.82, 2.24) is 5.32 Å². The van der Waals surface area contributed by atoms with Gasteiger partial charge in [-0.3, -0.25) is 0 Å². The van der Waals surface area contributed by atoms with Crippen molar-refractivity contribution in [3.8, 4) is 5.75 Å². The van der Waals surface area contributed by atoms with Crippen molar-refractivity contribution in [2.45, 2.75) is 26.3 Å². The van der Waals surface area contributed by atoms with Crippen LogP contribution in [-0.2, 0) is 0 Å². The highest BCUT2D eigenvalue weighted by molar-refractivity contribution is 9.10. The zero-order chi connectivity index (χ0) is 12.7. The molecule has 0 amide bonds. The SMILES string of the molecule is CCNC(C)c1ccc(Br)cc1OCCCO. The molecule has 3 nitrogen and oxygen atoms in total. The summed E-state index contributed by atoms with van der Waals surface area (Å²) in [6.07, 6.45) is 0.654. The molecule has 0 saturated carbocycles. The van der Waals surface area contributed by atoms with E-state index < -0.39 is 0 Å². The van der Waals surface area contributed by atoms with Gasteiger partial charge >= 0.3 is 0 Å². The van der Waals surface area contributed by atoms with Crippen LogP contribution in [0.15, 0.2) is 22.7 Å². The summed E-state index contributed by atoms with van der Waals surface area (Å²) < 4.78 is 6.70. The smallest absolute Gasteiger partial charge is 0.125 e. The average molecular weight is 302 g/mol. The zero-order valence-electron chi connectivity index (χ0n) is 10.4. The molecule has 0 bridgehead atoms. The maximum Gasteiger partial charge on any atom is 0.125 e. The predicted octanol–water partition coefficient (Wildman–Crippen LogP) is 2.88. The second-order valence-electron chi connectivity index (χ2n) is 3.89. The molecule has 1 atom stereocenters. The van der Waals surface area contributed by atoms with Gasteiger partial charge in [0.25, 0.3) is 0 Å². The summed E-state index contributed by atoms with van der Waals surface area (Å²) in [7, 11) is 0. The van der Waals surface area contributed by atoms with E-state index in [1.54, 1.807) is 0 Å². The van der Waals surface area contributed by atoms with Gasteiger partial charge in [0.05, 0.1) is 6.61 Å². The molecule has 0 heterocycles. The molecule has 0 aliphatic rings. The van der Waals surface area contributed by atoms with Gasteiger partial charge in [-0.25, -0.2) is 0 Å². The van der Waals surface area contributed by atoms with Gasteiger partial charge in [0.15, 0.2) is 0 Å². The highest BCUT2D eigenvalue weighted by atomic mass is 79.9. The number of aliphatic hydroxyl groups is 1. The highest BCUT2D eigenvalue weighted by Crippen LogP contribution is 2.28. The summed E-state index contributed by atoms with van der Waals surface area (Å²) >= 11 is 3.44. The molecule has 0 aliphatic carbocycles. The van der Waals surface area contributed by atoms with Crippen molar-refractivity contribution in [3.63, 3.8) is 0 Å². The minimum atomic E-state index is 0.159. The number of benzene rings is 1. The van der Waals surface area contributed by atoms with Crippen molar-refractivity contribution in [2.24, 2.45) is 0 Å². The molecule has 17 heavy (non-hydrogen) atoms. The third-order valence-electron chi connectivity index (χ3n) is 2.51. The lowest BCUT2D eigenvalue weighted by Gasteiger charge is -2.18. The fraction of sp³-hybridized carbons (Fsp3) is 0.538. The standard InChI is InChI=1S/C13H20BrNO2/c1-3-15-10(2)12-6-5-11(14)9-13(12)17-8-4-7-16/h5-6,9-10,15-16H,3-4,7-8H2,1-2H3. The number of aliphatic hydroxyl groups excluding tert-OH is 1. The highest BCUT2D eigenvalue weighted by Gasteiger charge is 2.11. The van der Waals surface area contributed by atoms with Crippen LogP contribution in [0.3, 0.4) is 0 Å². The monoisotopic (exact) mass is 301 g/mol. The third kappa shape index (κ3) is 4.66. The van der Waals surface area contributed by atoms with E-state index in [1.807, 2.05) is 12.1 Å². The molecule has 0 aromatic heterocycles. The van der Waals surface area contributed by atoms with Gasteiger partial charge in [0, 0.05) is 29.1 Å². The molecule has 0 fully saturated rings. The molecule has 1 rings (SSSR count). The first-order chi connectivity index (χ1) is 8.19. The van der Waals surface area contributed by atoms with Crippen molar-refractivity contribution < 1.29 is 9.84 Å². The lowest BCUT2D eigenvalue weighted by molar-refractivity contribution is 0.231. The van der Waals surface area contributed by atoms with Gasteiger partial charge in [0.2, 0.25) is 0 Å². The number of halogens is 1. The van der Waals surface area contributed by atoms with E-state index in [0.717, 1.165) is 22.3 Å². The Morgan fingerprint density at radius 3 is 2.88 bits per heavy atom. The molecule has 0 spiro atoms. The van der Waals surface area contributed by atoms with Gasteiger partial charge in [-0.1, -0.05) is 28.9 Å². The van der Waals surface area contributed by atoms with E-state index in [9.17, 15) is 0 Å². The molecule has 2 N–H and O–H groups in total. The Bertz CT molecular complexity index is 344. The second kappa shape index (κ2) is 7.69. The summed E-state index contributed by atoms with van der Waals surface area (Å²) in [5.41, 5.74) is 1.15. The van der Waals surface area contributed by atoms with Crippen LogP contribution < -0.4 is 10.1 Å². The molecule has 0 saturated heterocycles. The first-order valence-electron chi connectivity index (χ1n) is 5.95. The molecule has 1 aromatic carbocycles. The van der Waals surface area contributed by atoms with Crippen LogP contribution in [0.1, 0.15) is 31.9 Å². The van der Waals surface area contributed by atoms with Crippen LogP contribution >= 0.6 is 15.9 Å². The fourth-order valence-electron chi connectivity index (χ4n) is 1.65. The molecule has 96 valence electrons. The van der Waals surface area contributed by atoms with E-state index in [-0.39, 0.29) is 12.6 Å². The van der Waals surface area contributed by atoms with E-state index >= 15 is 0 Å². The van der Waals surface area contributed by atoms with Crippen molar-refractivity contribution in [1.29, 1.82) is 0 Å². The van der Waals surface area contributed by atoms with Crippen molar-refractivity contribution in [3.05, 3.63) is 28.2 Å². The number of rotatable bonds is 7. The molecular weight excluding hydrogens is 282 g/mol. The van der Waals surface area contributed by atoms with E-state index in [4.69, 9.17) is 9.84 Å². The van der Waals surface area contributed by atoms with Crippen LogP contribution in [0, 0.1) is 0 Å². The summed E-state index contributed by atoms with van der Waals surface area (Å²) in [6, 6.07) is 6.31. The Labute approximate surface area is 111 Å². The minimum Gasteiger partial charge on any atom is -0.493 e. The minimum absolute atomic E-state index is 0.159. The normalized spacial score (nSPS) is 12.5. The first kappa shape index (κ1) is 14.5. The van der Waals surface area contributed by atoms with Crippen molar-refractivity contribution >= 4 is 15.9 Å². The van der Waals surface area contributed by atoms with Gasteiger partial charge in [0.1, 0.15) is 5.75 Å². The van der Waals surface area contributed by atoms with Crippen LogP contribution in [0.4, 0.5) is 0 Å². The van der Waals surface area contributed by atoms with E-state index in [0.29, 0.717) is 13.0 Å². The Morgan fingerprint density at radius 2 is 2.24 bits per heavy atom. The summed E-state index contributed by atoms with van der Waals surface area (Å²) in [6.45, 7) is 5.82. The predicted molar refractivity (Wildman–Crippen MR) is 73.4 cm³/mol. The summed E-state index contributed by atoms with van der Waals surface area (Å²) in [5.74, 6) is 0.876. The lowest BCUT2D eigenvalue weighted by atomic mass is 10.1. The number of nitrogens with one attached hydrogen (secondary N) is 1. The van der Waals surface area contributed by atoms with Crippen LogP contribution in [0.5, 0.6) is 5.75 Å². The molecule has 1 unspecified atom stereocenters. The number of hydrogen-bond donors (Lipinski definition) is 2. The molecule has 4 heteroatoms. The van der Waals surface area contributed by atoms with Gasteiger partial charge in [-0.15, -0.1) is 0 Å². The van der Waals surface area contributed by atoms with Gasteiger partial charge in [-0.2, -0.15) is 0 Å². The zero-order valence-corrected chi connectivity index (χ0v) is 12.0. The first-order valence-corrected chi connectivity index (χ1v) is 6.74. The van der Waals surface area contributed by atoms with E-state index in [2.05, 4.69) is 41.2 Å². The lowest BCUT2D eigenvalue weighted by Crippen LogP contribution is -2.18. The topological polar surface area (TPSA) is 41.5 Å². The summed E-state index contributed by atoms with van der Waals surface area (Å²) in [4.78, 5) is 0. The molecule has 0 aliphatic heterocycles. The quantitative estimate of drug-likeness (QED) is 0.761. The Hall–Kier alpha value is -0.580. The molecular formula is C13H20BrNO2. The number of hydrogen-bond acceptors (Lipinski definition) is 3. The average Bonchev–Trinajstić information content (AvgIpc) is 2.30. The Kier molecular flexibility index (Phi) is 6.55. The number of ether oxygens (including phenoxy) is 1. The maximum atomic E-state index is 8.76. The van der Waals surface area contributed by atoms with Crippen LogP contribution in [0.25, 0.3) is 0 Å². The molecule has 0 radical (unpaired) electrons. The Morgan fingerprint density at radius 1 is 1.47 bits per heavy atom. The summed E-state index contributed by atoms with van der Waals surface area (Å²) in [5, 5.41) is 12.1. The maximum absolute atomic E-state index is 8.76. The van der Waals surface area contributed by atoms with Crippen LogP contribution in [0.2, 0.25) is 0 Å². The molecule has 1 aromatic rings.